The summed E-state index contributed by atoms with van der Waals surface area (Å²) in [5.74, 6) is 0. The predicted molar refractivity (Wildman–Crippen MR) is 42.3 cm³/mol. The van der Waals surface area contributed by atoms with E-state index in [1.54, 1.807) is 0 Å². The molecule has 10 heavy (non-hydrogen) atoms. The van der Waals surface area contributed by atoms with Crippen molar-refractivity contribution >= 4 is 11.4 Å². The Bertz CT molecular complexity index is 207. The van der Waals surface area contributed by atoms with Crippen molar-refractivity contribution in [3.8, 4) is 0 Å². The van der Waals surface area contributed by atoms with Crippen LogP contribution < -0.4 is 10.6 Å². The van der Waals surface area contributed by atoms with Crippen LogP contribution in [0.15, 0.2) is 18.2 Å². The van der Waals surface area contributed by atoms with Gasteiger partial charge in [-0.15, -0.1) is 0 Å². The highest BCUT2D eigenvalue weighted by atomic mass is 15.0. The lowest BCUT2D eigenvalue weighted by atomic mass is 10.2. The SMILES string of the molecule is [c]1ccc2c(c1)NCCN2. The van der Waals surface area contributed by atoms with Gasteiger partial charge in [-0.3, -0.25) is 0 Å². The highest BCUT2D eigenvalue weighted by Gasteiger charge is 2.03. The number of hydrogen-bond acceptors (Lipinski definition) is 2. The van der Waals surface area contributed by atoms with Crippen molar-refractivity contribution in [2.45, 2.75) is 0 Å². The molecular weight excluding hydrogens is 124 g/mol. The Hall–Kier alpha value is -1.18. The van der Waals surface area contributed by atoms with E-state index in [9.17, 15) is 0 Å². The minimum absolute atomic E-state index is 1.00. The molecule has 1 aromatic carbocycles. The van der Waals surface area contributed by atoms with Gasteiger partial charge in [-0.2, -0.15) is 0 Å². The highest BCUT2D eigenvalue weighted by Crippen LogP contribution is 2.21. The van der Waals surface area contributed by atoms with Gasteiger partial charge in [0.1, 0.15) is 0 Å². The maximum Gasteiger partial charge on any atom is 0.0582 e. The van der Waals surface area contributed by atoms with Crippen LogP contribution in [-0.2, 0) is 0 Å². The number of anilines is 2. The zero-order valence-corrected chi connectivity index (χ0v) is 5.65. The van der Waals surface area contributed by atoms with Gasteiger partial charge in [0.15, 0.2) is 0 Å². The molecule has 0 fully saturated rings. The highest BCUT2D eigenvalue weighted by molar-refractivity contribution is 5.70. The zero-order chi connectivity index (χ0) is 6.81. The van der Waals surface area contributed by atoms with Crippen molar-refractivity contribution < 1.29 is 0 Å². The van der Waals surface area contributed by atoms with Crippen molar-refractivity contribution in [2.75, 3.05) is 23.7 Å². The van der Waals surface area contributed by atoms with Crippen LogP contribution in [0.5, 0.6) is 0 Å². The van der Waals surface area contributed by atoms with E-state index in [1.165, 1.54) is 5.69 Å². The molecule has 2 nitrogen and oxygen atoms in total. The normalized spacial score (nSPS) is 14.8. The van der Waals surface area contributed by atoms with Crippen molar-refractivity contribution in [3.05, 3.63) is 24.3 Å². The van der Waals surface area contributed by atoms with E-state index in [0.717, 1.165) is 18.8 Å². The molecule has 0 saturated heterocycles. The smallest absolute Gasteiger partial charge is 0.0582 e. The third kappa shape index (κ3) is 0.817. The standard InChI is InChI=1S/C8H9N2/c1-2-4-8-7(3-1)9-5-6-10-8/h1,3-4,9-10H,5-6H2. The molecule has 2 rings (SSSR count). The minimum atomic E-state index is 1.00. The third-order valence-corrected chi connectivity index (χ3v) is 1.62. The molecule has 0 amide bonds. The van der Waals surface area contributed by atoms with Crippen molar-refractivity contribution in [3.63, 3.8) is 0 Å². The van der Waals surface area contributed by atoms with Crippen LogP contribution in [-0.4, -0.2) is 13.1 Å². The Labute approximate surface area is 60.3 Å². The lowest BCUT2D eigenvalue weighted by molar-refractivity contribution is 1.05. The van der Waals surface area contributed by atoms with Gasteiger partial charge >= 0.3 is 0 Å². The largest absolute Gasteiger partial charge is 0.382 e. The van der Waals surface area contributed by atoms with E-state index >= 15 is 0 Å². The van der Waals surface area contributed by atoms with E-state index in [0.29, 0.717) is 0 Å². The summed E-state index contributed by atoms with van der Waals surface area (Å²) < 4.78 is 0. The maximum absolute atomic E-state index is 3.28. The molecule has 1 aliphatic heterocycles. The van der Waals surface area contributed by atoms with Crippen LogP contribution in [0.4, 0.5) is 11.4 Å². The van der Waals surface area contributed by atoms with Gasteiger partial charge in [0, 0.05) is 13.1 Å². The molecule has 1 aromatic rings. The molecule has 1 heterocycles. The molecule has 2 N–H and O–H groups in total. The monoisotopic (exact) mass is 133 g/mol. The topological polar surface area (TPSA) is 24.1 Å². The molecule has 0 aliphatic carbocycles. The Morgan fingerprint density at radius 1 is 1.20 bits per heavy atom. The summed E-state index contributed by atoms with van der Waals surface area (Å²) in [5.41, 5.74) is 2.35. The lowest BCUT2D eigenvalue weighted by Gasteiger charge is -2.18. The Kier molecular flexibility index (Phi) is 1.24. The maximum atomic E-state index is 3.28. The molecule has 0 unspecified atom stereocenters. The number of nitrogens with one attached hydrogen (secondary N) is 2. The van der Waals surface area contributed by atoms with Crippen molar-refractivity contribution in [1.29, 1.82) is 0 Å². The van der Waals surface area contributed by atoms with Gasteiger partial charge in [0.25, 0.3) is 0 Å². The van der Waals surface area contributed by atoms with Gasteiger partial charge in [-0.25, -0.2) is 0 Å². The van der Waals surface area contributed by atoms with Crippen molar-refractivity contribution in [2.24, 2.45) is 0 Å². The Balaban J connectivity index is 2.41. The first-order valence-corrected chi connectivity index (χ1v) is 3.45. The molecule has 0 atom stereocenters. The number of fused-ring (bicyclic) bond motifs is 1. The van der Waals surface area contributed by atoms with Crippen LogP contribution in [0.2, 0.25) is 0 Å². The minimum Gasteiger partial charge on any atom is -0.382 e. The molecule has 2 heteroatoms. The van der Waals surface area contributed by atoms with E-state index < -0.39 is 0 Å². The quantitative estimate of drug-likeness (QED) is 0.557. The van der Waals surface area contributed by atoms with Gasteiger partial charge in [0.05, 0.1) is 11.4 Å². The summed E-state index contributed by atoms with van der Waals surface area (Å²) in [6, 6.07) is 8.92. The van der Waals surface area contributed by atoms with E-state index in [4.69, 9.17) is 0 Å². The second-order valence-corrected chi connectivity index (χ2v) is 2.33. The van der Waals surface area contributed by atoms with Gasteiger partial charge in [-0.05, 0) is 18.2 Å². The molecule has 0 aromatic heterocycles. The summed E-state index contributed by atoms with van der Waals surface area (Å²) in [5, 5.41) is 6.55. The van der Waals surface area contributed by atoms with Crippen molar-refractivity contribution in [1.82, 2.24) is 0 Å². The molecule has 0 spiro atoms. The number of rotatable bonds is 0. The van der Waals surface area contributed by atoms with Crippen LogP contribution >= 0.6 is 0 Å². The van der Waals surface area contributed by atoms with E-state index in [2.05, 4.69) is 16.7 Å². The fraction of sp³-hybridized carbons (Fsp3) is 0.250. The molecular formula is C8H9N2. The summed E-state index contributed by atoms with van der Waals surface area (Å²) >= 11 is 0. The summed E-state index contributed by atoms with van der Waals surface area (Å²) in [4.78, 5) is 0. The average Bonchev–Trinajstić information content (AvgIpc) is 2.05. The fourth-order valence-electron chi connectivity index (χ4n) is 1.13. The summed E-state index contributed by atoms with van der Waals surface area (Å²) in [6.45, 7) is 2.02. The first-order chi connectivity index (χ1) is 4.97. The Morgan fingerprint density at radius 3 is 2.80 bits per heavy atom. The fourth-order valence-corrected chi connectivity index (χ4v) is 1.13. The van der Waals surface area contributed by atoms with Crippen LogP contribution in [0.25, 0.3) is 0 Å². The summed E-state index contributed by atoms with van der Waals surface area (Å²) in [6.07, 6.45) is 0. The van der Waals surface area contributed by atoms with Crippen LogP contribution in [0, 0.1) is 6.07 Å². The number of benzene rings is 1. The van der Waals surface area contributed by atoms with E-state index in [1.807, 2.05) is 18.2 Å². The molecule has 0 saturated carbocycles. The first kappa shape index (κ1) is 5.59. The van der Waals surface area contributed by atoms with Crippen LogP contribution in [0.3, 0.4) is 0 Å². The van der Waals surface area contributed by atoms with E-state index in [-0.39, 0.29) is 0 Å². The van der Waals surface area contributed by atoms with Gasteiger partial charge in [-0.1, -0.05) is 6.07 Å². The molecule has 1 radical (unpaired) electrons. The lowest BCUT2D eigenvalue weighted by Crippen LogP contribution is -2.20. The zero-order valence-electron chi connectivity index (χ0n) is 5.65. The molecule has 0 bridgehead atoms. The number of hydrogen-bond donors (Lipinski definition) is 2. The predicted octanol–water partition coefficient (Wildman–Crippen LogP) is 1.32. The third-order valence-electron chi connectivity index (χ3n) is 1.62. The molecule has 51 valence electrons. The van der Waals surface area contributed by atoms with Gasteiger partial charge in [0.2, 0.25) is 0 Å². The summed E-state index contributed by atoms with van der Waals surface area (Å²) in [7, 11) is 0. The first-order valence-electron chi connectivity index (χ1n) is 3.45. The average molecular weight is 133 g/mol. The second-order valence-electron chi connectivity index (χ2n) is 2.33. The molecule has 1 aliphatic rings. The Morgan fingerprint density at radius 2 is 2.00 bits per heavy atom. The van der Waals surface area contributed by atoms with Gasteiger partial charge < -0.3 is 10.6 Å². The van der Waals surface area contributed by atoms with Crippen LogP contribution in [0.1, 0.15) is 0 Å². The second kappa shape index (κ2) is 2.21.